The zero-order valence-electron chi connectivity index (χ0n) is 17.6. The van der Waals surface area contributed by atoms with E-state index in [1.807, 2.05) is 36.4 Å². The molecular weight excluding hydrogens is 424 g/mol. The summed E-state index contributed by atoms with van der Waals surface area (Å²) in [6.07, 6.45) is 2.45. The van der Waals surface area contributed by atoms with Crippen molar-refractivity contribution in [2.75, 3.05) is 19.0 Å². The van der Waals surface area contributed by atoms with Gasteiger partial charge in [-0.15, -0.1) is 16.4 Å². The van der Waals surface area contributed by atoms with E-state index in [2.05, 4.69) is 32.9 Å². The Balaban J connectivity index is 1.39. The van der Waals surface area contributed by atoms with Crippen molar-refractivity contribution in [2.24, 2.45) is 0 Å². The van der Waals surface area contributed by atoms with Gasteiger partial charge < -0.3 is 10.1 Å². The van der Waals surface area contributed by atoms with Crippen molar-refractivity contribution < 1.29 is 4.74 Å². The molecular formula is C23H22N6O2S. The van der Waals surface area contributed by atoms with Crippen molar-refractivity contribution in [2.45, 2.75) is 19.6 Å². The van der Waals surface area contributed by atoms with E-state index >= 15 is 0 Å². The number of fused-ring (bicyclic) bond motifs is 2. The molecule has 0 amide bonds. The zero-order valence-corrected chi connectivity index (χ0v) is 18.4. The van der Waals surface area contributed by atoms with Gasteiger partial charge in [0.15, 0.2) is 11.5 Å². The topological polar surface area (TPSA) is 86.3 Å². The number of aryl methyl sites for hydroxylation is 1. The summed E-state index contributed by atoms with van der Waals surface area (Å²) in [6, 6.07) is 15.8. The van der Waals surface area contributed by atoms with Crippen LogP contribution in [-0.2, 0) is 17.9 Å². The number of thiophene rings is 1. The van der Waals surface area contributed by atoms with Gasteiger partial charge >= 0.3 is 5.69 Å². The molecule has 0 spiro atoms. The van der Waals surface area contributed by atoms with Gasteiger partial charge in [0, 0.05) is 37.3 Å². The van der Waals surface area contributed by atoms with E-state index in [1.165, 1.54) is 4.68 Å². The van der Waals surface area contributed by atoms with Crippen molar-refractivity contribution in [3.05, 3.63) is 76.4 Å². The van der Waals surface area contributed by atoms with Crippen LogP contribution in [-0.4, -0.2) is 37.8 Å². The Morgan fingerprint density at radius 1 is 1.09 bits per heavy atom. The van der Waals surface area contributed by atoms with Crippen LogP contribution in [0, 0.1) is 0 Å². The van der Waals surface area contributed by atoms with E-state index in [0.29, 0.717) is 31.2 Å². The normalized spacial score (nSPS) is 11.4. The molecule has 8 nitrogen and oxygen atoms in total. The van der Waals surface area contributed by atoms with E-state index < -0.39 is 0 Å². The third-order valence-corrected chi connectivity index (χ3v) is 6.04. The molecule has 0 fully saturated rings. The highest BCUT2D eigenvalue weighted by molar-refractivity contribution is 7.17. The molecule has 0 saturated heterocycles. The number of anilines is 1. The Morgan fingerprint density at radius 3 is 2.75 bits per heavy atom. The van der Waals surface area contributed by atoms with E-state index in [-0.39, 0.29) is 5.69 Å². The lowest BCUT2D eigenvalue weighted by molar-refractivity contribution is 0.178. The molecule has 1 aromatic carbocycles. The molecule has 5 aromatic rings. The summed E-state index contributed by atoms with van der Waals surface area (Å²) in [5.74, 6) is 1.42. The molecule has 5 rings (SSSR count). The minimum Gasteiger partial charge on any atom is -0.377 e. The third kappa shape index (κ3) is 3.88. The lowest BCUT2D eigenvalue weighted by Gasteiger charge is -2.10. The van der Waals surface area contributed by atoms with Gasteiger partial charge in [-0.2, -0.15) is 0 Å². The van der Waals surface area contributed by atoms with Gasteiger partial charge in [0.1, 0.15) is 17.3 Å². The van der Waals surface area contributed by atoms with Crippen LogP contribution in [0.1, 0.15) is 12.2 Å². The molecule has 0 atom stereocenters. The quantitative estimate of drug-likeness (QED) is 0.365. The number of ether oxygens (including phenoxy) is 1. The number of nitrogens with zero attached hydrogens (tertiary/aromatic N) is 5. The Labute approximate surface area is 188 Å². The summed E-state index contributed by atoms with van der Waals surface area (Å²) in [4.78, 5) is 22.8. The van der Waals surface area contributed by atoms with Gasteiger partial charge in [-0.25, -0.2) is 19.4 Å². The number of nitrogens with one attached hydrogen (secondary N) is 1. The van der Waals surface area contributed by atoms with Gasteiger partial charge in [0.2, 0.25) is 0 Å². The molecule has 4 heterocycles. The molecule has 0 unspecified atom stereocenters. The van der Waals surface area contributed by atoms with Crippen molar-refractivity contribution in [1.29, 1.82) is 0 Å². The summed E-state index contributed by atoms with van der Waals surface area (Å²) in [5, 5.41) is 11.0. The van der Waals surface area contributed by atoms with Gasteiger partial charge in [0.05, 0.1) is 5.39 Å². The van der Waals surface area contributed by atoms with Crippen LogP contribution < -0.4 is 11.0 Å². The summed E-state index contributed by atoms with van der Waals surface area (Å²) < 4.78 is 8.31. The number of methoxy groups -OCH3 is 1. The zero-order chi connectivity index (χ0) is 21.9. The SMILES string of the molecule is COCc1nc(NCCCn2nc3ccccn3c2=O)c2c(-c3ccccc3)csc2n1. The molecule has 1 N–H and O–H groups in total. The van der Waals surface area contributed by atoms with Gasteiger partial charge in [-0.3, -0.25) is 4.40 Å². The van der Waals surface area contributed by atoms with Gasteiger partial charge in [0.25, 0.3) is 0 Å². The number of rotatable bonds is 8. The summed E-state index contributed by atoms with van der Waals surface area (Å²) in [7, 11) is 1.64. The van der Waals surface area contributed by atoms with Crippen molar-refractivity contribution >= 4 is 33.0 Å². The Hall–Kier alpha value is -3.56. The predicted octanol–water partition coefficient (Wildman–Crippen LogP) is 3.82. The number of aromatic nitrogens is 5. The molecule has 0 bridgehead atoms. The van der Waals surface area contributed by atoms with E-state index in [0.717, 1.165) is 33.6 Å². The number of pyridine rings is 1. The van der Waals surface area contributed by atoms with E-state index in [4.69, 9.17) is 9.72 Å². The smallest absolute Gasteiger partial charge is 0.350 e. The first-order valence-corrected chi connectivity index (χ1v) is 11.2. The number of hydrogen-bond donors (Lipinski definition) is 1. The maximum Gasteiger partial charge on any atom is 0.350 e. The minimum atomic E-state index is -0.128. The third-order valence-electron chi connectivity index (χ3n) is 5.17. The molecule has 0 aliphatic carbocycles. The molecule has 0 radical (unpaired) electrons. The fourth-order valence-electron chi connectivity index (χ4n) is 3.69. The van der Waals surface area contributed by atoms with Gasteiger partial charge in [-0.1, -0.05) is 36.4 Å². The molecule has 0 aliphatic rings. The lowest BCUT2D eigenvalue weighted by atomic mass is 10.1. The maximum atomic E-state index is 12.5. The first-order chi connectivity index (χ1) is 15.7. The van der Waals surface area contributed by atoms with E-state index in [9.17, 15) is 4.79 Å². The highest BCUT2D eigenvalue weighted by atomic mass is 32.1. The lowest BCUT2D eigenvalue weighted by Crippen LogP contribution is -2.22. The van der Waals surface area contributed by atoms with Crippen molar-refractivity contribution in [3.63, 3.8) is 0 Å². The Morgan fingerprint density at radius 2 is 1.94 bits per heavy atom. The van der Waals surface area contributed by atoms with Crippen LogP contribution in [0.15, 0.2) is 64.9 Å². The van der Waals surface area contributed by atoms with Crippen LogP contribution in [0.25, 0.3) is 27.0 Å². The monoisotopic (exact) mass is 446 g/mol. The minimum absolute atomic E-state index is 0.128. The second-order valence-corrected chi connectivity index (χ2v) is 8.19. The first-order valence-electron chi connectivity index (χ1n) is 10.3. The number of hydrogen-bond acceptors (Lipinski definition) is 7. The van der Waals surface area contributed by atoms with Gasteiger partial charge in [-0.05, 0) is 24.1 Å². The van der Waals surface area contributed by atoms with Crippen LogP contribution >= 0.6 is 11.3 Å². The molecule has 0 saturated carbocycles. The average Bonchev–Trinajstić information content (AvgIpc) is 3.39. The maximum absolute atomic E-state index is 12.5. The standard InChI is InChI=1S/C23H22N6O2S/c1-31-14-18-25-21(20-17(15-32-22(20)26-18)16-8-3-2-4-9-16)24-11-7-13-29-23(30)28-12-6-5-10-19(28)27-29/h2-6,8-10,12,15H,7,11,13-14H2,1H3,(H,24,25,26). The summed E-state index contributed by atoms with van der Waals surface area (Å²) in [5.41, 5.74) is 2.75. The summed E-state index contributed by atoms with van der Waals surface area (Å²) in [6.45, 7) is 1.50. The first kappa shape index (κ1) is 20.3. The molecule has 9 heteroatoms. The van der Waals surface area contributed by atoms with Crippen LogP contribution in [0.5, 0.6) is 0 Å². The highest BCUT2D eigenvalue weighted by Crippen LogP contribution is 2.36. The molecule has 32 heavy (non-hydrogen) atoms. The second-order valence-electron chi connectivity index (χ2n) is 7.33. The Bertz CT molecular complexity index is 1420. The molecule has 4 aromatic heterocycles. The fraction of sp³-hybridized carbons (Fsp3) is 0.217. The van der Waals surface area contributed by atoms with Crippen LogP contribution in [0.2, 0.25) is 0 Å². The van der Waals surface area contributed by atoms with Crippen molar-refractivity contribution in [3.8, 4) is 11.1 Å². The largest absolute Gasteiger partial charge is 0.377 e. The second kappa shape index (κ2) is 8.89. The average molecular weight is 447 g/mol. The Kier molecular flexibility index (Phi) is 5.66. The van der Waals surface area contributed by atoms with Crippen LogP contribution in [0.4, 0.5) is 5.82 Å². The highest BCUT2D eigenvalue weighted by Gasteiger charge is 2.15. The van der Waals surface area contributed by atoms with Crippen molar-refractivity contribution in [1.82, 2.24) is 24.1 Å². The fourth-order valence-corrected chi connectivity index (χ4v) is 4.65. The molecule has 162 valence electrons. The van der Waals surface area contributed by atoms with Crippen LogP contribution in [0.3, 0.4) is 0 Å². The predicted molar refractivity (Wildman–Crippen MR) is 126 cm³/mol. The molecule has 0 aliphatic heterocycles. The summed E-state index contributed by atoms with van der Waals surface area (Å²) >= 11 is 1.60. The van der Waals surface area contributed by atoms with E-state index in [1.54, 1.807) is 29.0 Å². The number of benzene rings is 1.